The third kappa shape index (κ3) is 2.85. The van der Waals surface area contributed by atoms with Crippen LogP contribution in [0.25, 0.3) is 10.9 Å². The van der Waals surface area contributed by atoms with Gasteiger partial charge in [0.05, 0.1) is 22.5 Å². The molecule has 1 heterocycles. The fraction of sp³-hybridized carbons (Fsp3) is 0.200. The molecule has 0 amide bonds. The lowest BCUT2D eigenvalue weighted by Gasteiger charge is -2.22. The number of hydrogen-bond donors (Lipinski definition) is 3. The van der Waals surface area contributed by atoms with Crippen LogP contribution in [0.3, 0.4) is 0 Å². The van der Waals surface area contributed by atoms with Gasteiger partial charge in [-0.3, -0.25) is 4.98 Å². The zero-order valence-corrected chi connectivity index (χ0v) is 15.8. The van der Waals surface area contributed by atoms with Crippen molar-refractivity contribution < 1.29 is 9.90 Å². The van der Waals surface area contributed by atoms with Crippen molar-refractivity contribution in [2.45, 2.75) is 18.4 Å². The number of nitrogens with zero attached hydrogens (tertiary/aromatic N) is 1. The second-order valence-electron chi connectivity index (χ2n) is 6.52. The summed E-state index contributed by atoms with van der Waals surface area (Å²) in [6.45, 7) is 0. The van der Waals surface area contributed by atoms with Crippen molar-refractivity contribution >= 4 is 44.2 Å². The second kappa shape index (κ2) is 6.37. The van der Waals surface area contributed by atoms with E-state index in [2.05, 4.69) is 31.5 Å². The number of carbonyl (C=O) groups is 1. The molecule has 26 heavy (non-hydrogen) atoms. The lowest BCUT2D eigenvalue weighted by molar-refractivity contribution is 0.0698. The smallest absolute Gasteiger partial charge is 0.337 e. The lowest BCUT2D eigenvalue weighted by Crippen LogP contribution is -2.26. The summed E-state index contributed by atoms with van der Waals surface area (Å²) in [5.41, 5.74) is 3.53. The molecule has 1 saturated carbocycles. The fourth-order valence-electron chi connectivity index (χ4n) is 3.35. The van der Waals surface area contributed by atoms with E-state index in [4.69, 9.17) is 0 Å². The van der Waals surface area contributed by atoms with E-state index in [1.807, 2.05) is 37.5 Å². The van der Waals surface area contributed by atoms with Crippen LogP contribution in [-0.4, -0.2) is 23.1 Å². The molecule has 2 aromatic carbocycles. The van der Waals surface area contributed by atoms with Crippen molar-refractivity contribution in [1.29, 1.82) is 0 Å². The summed E-state index contributed by atoms with van der Waals surface area (Å²) in [4.78, 5) is 16.2. The number of hydrogen-bond acceptors (Lipinski definition) is 4. The number of rotatable bonds is 5. The number of para-hydroxylation sites is 1. The number of carboxylic acid groups (broad SMARTS) is 1. The highest BCUT2D eigenvalue weighted by molar-refractivity contribution is 9.10. The molecule has 0 atom stereocenters. The highest BCUT2D eigenvalue weighted by Crippen LogP contribution is 2.49. The summed E-state index contributed by atoms with van der Waals surface area (Å²) in [6.07, 6.45) is 3.95. The highest BCUT2D eigenvalue weighted by atomic mass is 79.9. The van der Waals surface area contributed by atoms with Gasteiger partial charge in [0.1, 0.15) is 0 Å². The molecule has 0 spiro atoms. The van der Waals surface area contributed by atoms with Crippen LogP contribution < -0.4 is 10.6 Å². The van der Waals surface area contributed by atoms with E-state index < -0.39 is 5.97 Å². The Hall–Kier alpha value is -2.44. The predicted molar refractivity (Wildman–Crippen MR) is 106 cm³/mol. The summed E-state index contributed by atoms with van der Waals surface area (Å²) < 4.78 is 0.952. The Balaban J connectivity index is 1.94. The zero-order chi connectivity index (χ0) is 18.3. The topological polar surface area (TPSA) is 74.2 Å². The van der Waals surface area contributed by atoms with Gasteiger partial charge >= 0.3 is 5.97 Å². The normalized spacial score (nSPS) is 15.0. The number of aromatic carboxylic acids is 1. The van der Waals surface area contributed by atoms with Crippen LogP contribution in [0.2, 0.25) is 0 Å². The lowest BCUT2D eigenvalue weighted by atomic mass is 10.0. The van der Waals surface area contributed by atoms with E-state index in [9.17, 15) is 9.90 Å². The van der Waals surface area contributed by atoms with Crippen molar-refractivity contribution in [3.63, 3.8) is 0 Å². The number of fused-ring (bicyclic) bond motifs is 1. The number of carboxylic acids is 1. The van der Waals surface area contributed by atoms with Crippen LogP contribution in [0.4, 0.5) is 11.4 Å². The molecule has 0 aliphatic heterocycles. The molecular formula is C20H18BrN3O2. The van der Waals surface area contributed by atoms with Gasteiger partial charge in [-0.05, 0) is 50.2 Å². The molecular weight excluding hydrogens is 394 g/mol. The van der Waals surface area contributed by atoms with Crippen LogP contribution >= 0.6 is 15.9 Å². The summed E-state index contributed by atoms with van der Waals surface area (Å²) in [5, 5.41) is 17.3. The predicted octanol–water partition coefficient (Wildman–Crippen LogP) is 4.65. The molecule has 0 bridgehead atoms. The van der Waals surface area contributed by atoms with E-state index in [1.54, 1.807) is 18.2 Å². The minimum absolute atomic E-state index is 0.107. The van der Waals surface area contributed by atoms with Gasteiger partial charge in [-0.1, -0.05) is 28.1 Å². The third-order valence-electron chi connectivity index (χ3n) is 4.99. The highest BCUT2D eigenvalue weighted by Gasteiger charge is 2.45. The minimum atomic E-state index is -0.955. The number of anilines is 2. The van der Waals surface area contributed by atoms with Gasteiger partial charge in [0.2, 0.25) is 0 Å². The number of benzene rings is 2. The van der Waals surface area contributed by atoms with E-state index in [0.29, 0.717) is 5.69 Å². The molecule has 1 aliphatic carbocycles. The molecule has 3 aromatic rings. The van der Waals surface area contributed by atoms with E-state index in [1.165, 1.54) is 0 Å². The molecule has 0 saturated heterocycles. The first-order valence-corrected chi connectivity index (χ1v) is 9.20. The Morgan fingerprint density at radius 1 is 1.23 bits per heavy atom. The molecule has 0 radical (unpaired) electrons. The Morgan fingerprint density at radius 2 is 2.00 bits per heavy atom. The maximum Gasteiger partial charge on any atom is 0.337 e. The third-order valence-corrected chi connectivity index (χ3v) is 5.48. The van der Waals surface area contributed by atoms with Crippen LogP contribution in [0.1, 0.15) is 28.8 Å². The molecule has 132 valence electrons. The number of nitrogens with one attached hydrogen (secondary N) is 2. The van der Waals surface area contributed by atoms with E-state index in [0.717, 1.165) is 39.5 Å². The van der Waals surface area contributed by atoms with E-state index >= 15 is 0 Å². The molecule has 1 fully saturated rings. The number of aromatic nitrogens is 1. The molecule has 3 N–H and O–H groups in total. The van der Waals surface area contributed by atoms with Crippen molar-refractivity contribution in [3.8, 4) is 0 Å². The quantitative estimate of drug-likeness (QED) is 0.569. The molecule has 0 unspecified atom stereocenters. The van der Waals surface area contributed by atoms with Gasteiger partial charge in [0, 0.05) is 27.2 Å². The maximum atomic E-state index is 11.6. The fourth-order valence-corrected chi connectivity index (χ4v) is 3.72. The van der Waals surface area contributed by atoms with E-state index in [-0.39, 0.29) is 11.1 Å². The SMILES string of the molecule is CNC1(c2cnc3ccc(Br)cc3c2Nc2ccccc2C(=O)O)CC1. The van der Waals surface area contributed by atoms with Gasteiger partial charge in [0.25, 0.3) is 0 Å². The first kappa shape index (κ1) is 17.0. The summed E-state index contributed by atoms with van der Waals surface area (Å²) in [6, 6.07) is 12.9. The minimum Gasteiger partial charge on any atom is -0.478 e. The molecule has 1 aromatic heterocycles. The Morgan fingerprint density at radius 3 is 2.69 bits per heavy atom. The Labute approximate surface area is 159 Å². The van der Waals surface area contributed by atoms with Crippen molar-refractivity contribution in [2.24, 2.45) is 0 Å². The Bertz CT molecular complexity index is 1020. The molecule has 6 heteroatoms. The van der Waals surface area contributed by atoms with Gasteiger partial charge < -0.3 is 15.7 Å². The summed E-state index contributed by atoms with van der Waals surface area (Å²) >= 11 is 3.53. The largest absolute Gasteiger partial charge is 0.478 e. The molecule has 4 rings (SSSR count). The van der Waals surface area contributed by atoms with Crippen molar-refractivity contribution in [3.05, 3.63) is 64.3 Å². The average molecular weight is 412 g/mol. The van der Waals surface area contributed by atoms with Crippen molar-refractivity contribution in [2.75, 3.05) is 12.4 Å². The first-order valence-electron chi connectivity index (χ1n) is 8.41. The van der Waals surface area contributed by atoms with Crippen molar-refractivity contribution in [1.82, 2.24) is 10.3 Å². The summed E-state index contributed by atoms with van der Waals surface area (Å²) in [5.74, 6) is -0.955. The standard InChI is InChI=1S/C20H18BrN3O2/c1-22-20(8-9-20)15-11-23-16-7-6-12(21)10-14(16)18(15)24-17-5-3-2-4-13(17)19(25)26/h2-7,10-11,22H,8-9H2,1H3,(H,23,24)(H,25,26). The average Bonchev–Trinajstić information content (AvgIpc) is 3.43. The molecule has 5 nitrogen and oxygen atoms in total. The van der Waals surface area contributed by atoms with Gasteiger partial charge in [-0.25, -0.2) is 4.79 Å². The first-order chi connectivity index (χ1) is 12.5. The summed E-state index contributed by atoms with van der Waals surface area (Å²) in [7, 11) is 1.95. The maximum absolute atomic E-state index is 11.6. The van der Waals surface area contributed by atoms with Crippen LogP contribution in [0.15, 0.2) is 53.1 Å². The van der Waals surface area contributed by atoms with Gasteiger partial charge in [-0.15, -0.1) is 0 Å². The van der Waals surface area contributed by atoms with Crippen LogP contribution in [0, 0.1) is 0 Å². The zero-order valence-electron chi connectivity index (χ0n) is 14.2. The monoisotopic (exact) mass is 411 g/mol. The molecule has 1 aliphatic rings. The van der Waals surface area contributed by atoms with Crippen LogP contribution in [-0.2, 0) is 5.54 Å². The Kier molecular flexibility index (Phi) is 4.17. The number of pyridine rings is 1. The van der Waals surface area contributed by atoms with Crippen LogP contribution in [0.5, 0.6) is 0 Å². The number of halogens is 1. The second-order valence-corrected chi connectivity index (χ2v) is 7.43. The van der Waals surface area contributed by atoms with Gasteiger partial charge in [0.15, 0.2) is 0 Å². The van der Waals surface area contributed by atoms with Gasteiger partial charge in [-0.2, -0.15) is 0 Å².